The minimum Gasteiger partial charge on any atom is -0.478 e. The van der Waals surface area contributed by atoms with Gasteiger partial charge in [0.05, 0.1) is 11.3 Å². The second-order valence-electron chi connectivity index (χ2n) is 2.42. The first-order chi connectivity index (χ1) is 5.52. The third-order valence-electron chi connectivity index (χ3n) is 1.45. The van der Waals surface area contributed by atoms with Crippen molar-refractivity contribution in [1.29, 1.82) is 0 Å². The van der Waals surface area contributed by atoms with Crippen LogP contribution in [-0.4, -0.2) is 16.1 Å². The molecule has 0 spiro atoms. The predicted molar refractivity (Wildman–Crippen MR) is 44.8 cm³/mol. The highest BCUT2D eigenvalue weighted by Gasteiger charge is 2.11. The summed E-state index contributed by atoms with van der Waals surface area (Å²) >= 11 is 0. The smallest absolute Gasteiger partial charge is 0.338 e. The molecule has 0 aliphatic rings. The van der Waals surface area contributed by atoms with Gasteiger partial charge in [-0.1, -0.05) is 0 Å². The monoisotopic (exact) mass is 167 g/mol. The molecule has 1 heterocycles. The van der Waals surface area contributed by atoms with Crippen molar-refractivity contribution >= 4 is 17.5 Å². The van der Waals surface area contributed by atoms with E-state index in [-0.39, 0.29) is 17.1 Å². The summed E-state index contributed by atoms with van der Waals surface area (Å²) in [5.41, 5.74) is 11.3. The largest absolute Gasteiger partial charge is 0.478 e. The minimum absolute atomic E-state index is 0.000000000000000222. The number of carbonyl (C=O) groups is 1. The standard InChI is InChI=1S/C7H9N3O2/c1-3-2-4(7(11)12)5(8)6(9)10-3/h2H,8H2,1H3,(H2,9,10)(H,11,12). The third-order valence-corrected chi connectivity index (χ3v) is 1.45. The van der Waals surface area contributed by atoms with Crippen molar-refractivity contribution in [2.75, 3.05) is 11.5 Å². The fraction of sp³-hybridized carbons (Fsp3) is 0.143. The van der Waals surface area contributed by atoms with Crippen molar-refractivity contribution in [3.05, 3.63) is 17.3 Å². The molecule has 0 atom stereocenters. The average Bonchev–Trinajstić information content (AvgIpc) is 1.96. The number of nitrogen functional groups attached to an aromatic ring is 2. The number of carboxylic acids is 1. The van der Waals surface area contributed by atoms with Gasteiger partial charge in [-0.3, -0.25) is 0 Å². The molecular weight excluding hydrogens is 158 g/mol. The number of aryl methyl sites for hydroxylation is 1. The summed E-state index contributed by atoms with van der Waals surface area (Å²) < 4.78 is 0. The molecule has 64 valence electrons. The fourth-order valence-corrected chi connectivity index (χ4v) is 0.884. The number of hydrogen-bond donors (Lipinski definition) is 3. The minimum atomic E-state index is -1.09. The molecule has 0 radical (unpaired) electrons. The second-order valence-corrected chi connectivity index (χ2v) is 2.42. The lowest BCUT2D eigenvalue weighted by Gasteiger charge is -2.04. The molecule has 0 aliphatic carbocycles. The van der Waals surface area contributed by atoms with Gasteiger partial charge in [0, 0.05) is 5.69 Å². The average molecular weight is 167 g/mol. The maximum atomic E-state index is 10.6. The molecule has 0 unspecified atom stereocenters. The zero-order valence-electron chi connectivity index (χ0n) is 6.53. The van der Waals surface area contributed by atoms with Crippen LogP contribution in [0.5, 0.6) is 0 Å². The lowest BCUT2D eigenvalue weighted by atomic mass is 10.2. The van der Waals surface area contributed by atoms with Crippen LogP contribution < -0.4 is 11.5 Å². The van der Waals surface area contributed by atoms with E-state index >= 15 is 0 Å². The van der Waals surface area contributed by atoms with Crippen molar-refractivity contribution < 1.29 is 9.90 Å². The third kappa shape index (κ3) is 1.29. The van der Waals surface area contributed by atoms with E-state index in [1.807, 2.05) is 0 Å². The molecule has 0 bridgehead atoms. The Kier molecular flexibility index (Phi) is 1.86. The van der Waals surface area contributed by atoms with E-state index in [2.05, 4.69) is 4.98 Å². The molecule has 0 aliphatic heterocycles. The van der Waals surface area contributed by atoms with Gasteiger partial charge in [-0.2, -0.15) is 0 Å². The molecule has 1 rings (SSSR count). The van der Waals surface area contributed by atoms with Gasteiger partial charge in [0.25, 0.3) is 0 Å². The van der Waals surface area contributed by atoms with Gasteiger partial charge >= 0.3 is 5.97 Å². The lowest BCUT2D eigenvalue weighted by molar-refractivity contribution is 0.0698. The number of nitrogens with two attached hydrogens (primary N) is 2. The lowest BCUT2D eigenvalue weighted by Crippen LogP contribution is -2.08. The zero-order chi connectivity index (χ0) is 9.30. The van der Waals surface area contributed by atoms with Gasteiger partial charge in [-0.25, -0.2) is 9.78 Å². The molecule has 5 N–H and O–H groups in total. The number of aromatic nitrogens is 1. The predicted octanol–water partition coefficient (Wildman–Crippen LogP) is 0.253. The number of hydrogen-bond acceptors (Lipinski definition) is 4. The molecule has 1 aromatic heterocycles. The van der Waals surface area contributed by atoms with Crippen molar-refractivity contribution in [2.24, 2.45) is 0 Å². The Bertz CT molecular complexity index is 336. The number of pyridine rings is 1. The van der Waals surface area contributed by atoms with E-state index in [9.17, 15) is 4.79 Å². The van der Waals surface area contributed by atoms with Crippen LogP contribution >= 0.6 is 0 Å². The van der Waals surface area contributed by atoms with Gasteiger partial charge in [-0.15, -0.1) is 0 Å². The van der Waals surface area contributed by atoms with E-state index in [1.54, 1.807) is 6.92 Å². The Morgan fingerprint density at radius 1 is 1.58 bits per heavy atom. The molecule has 12 heavy (non-hydrogen) atoms. The Morgan fingerprint density at radius 3 is 2.67 bits per heavy atom. The first-order valence-corrected chi connectivity index (χ1v) is 3.28. The summed E-state index contributed by atoms with van der Waals surface area (Å²) in [5, 5.41) is 8.65. The van der Waals surface area contributed by atoms with Crippen LogP contribution in [0.3, 0.4) is 0 Å². The highest BCUT2D eigenvalue weighted by molar-refractivity contribution is 5.96. The van der Waals surface area contributed by atoms with E-state index in [0.717, 1.165) is 0 Å². The van der Waals surface area contributed by atoms with Gasteiger partial charge in [-0.05, 0) is 13.0 Å². The van der Waals surface area contributed by atoms with Crippen LogP contribution in [0.2, 0.25) is 0 Å². The number of nitrogens with zero attached hydrogens (tertiary/aromatic N) is 1. The van der Waals surface area contributed by atoms with Crippen LogP contribution in [0, 0.1) is 6.92 Å². The van der Waals surface area contributed by atoms with Gasteiger partial charge in [0.1, 0.15) is 5.82 Å². The van der Waals surface area contributed by atoms with Gasteiger partial charge < -0.3 is 16.6 Å². The highest BCUT2D eigenvalue weighted by Crippen LogP contribution is 2.18. The normalized spacial score (nSPS) is 9.75. The quantitative estimate of drug-likeness (QED) is 0.556. The SMILES string of the molecule is Cc1cc(C(=O)O)c(N)c(N)n1. The van der Waals surface area contributed by atoms with Crippen molar-refractivity contribution in [1.82, 2.24) is 4.98 Å². The van der Waals surface area contributed by atoms with Crippen LogP contribution in [0.15, 0.2) is 6.07 Å². The summed E-state index contributed by atoms with van der Waals surface area (Å²) in [4.78, 5) is 14.4. The number of rotatable bonds is 1. The van der Waals surface area contributed by atoms with Crippen LogP contribution in [0.4, 0.5) is 11.5 Å². The fourth-order valence-electron chi connectivity index (χ4n) is 0.884. The summed E-state index contributed by atoms with van der Waals surface area (Å²) in [6.07, 6.45) is 0. The molecular formula is C7H9N3O2. The van der Waals surface area contributed by atoms with E-state index in [0.29, 0.717) is 5.69 Å². The van der Waals surface area contributed by atoms with Crippen LogP contribution in [0.25, 0.3) is 0 Å². The van der Waals surface area contributed by atoms with Crippen LogP contribution in [0.1, 0.15) is 16.1 Å². The molecule has 1 aromatic rings. The Labute approximate surface area is 69.0 Å². The number of carboxylic acid groups (broad SMARTS) is 1. The van der Waals surface area contributed by atoms with E-state index in [1.165, 1.54) is 6.07 Å². The summed E-state index contributed by atoms with van der Waals surface area (Å²) in [6, 6.07) is 1.38. The van der Waals surface area contributed by atoms with Crippen molar-refractivity contribution in [3.8, 4) is 0 Å². The topological polar surface area (TPSA) is 102 Å². The molecule has 5 nitrogen and oxygen atoms in total. The van der Waals surface area contributed by atoms with Gasteiger partial charge in [0.15, 0.2) is 0 Å². The van der Waals surface area contributed by atoms with Crippen molar-refractivity contribution in [2.45, 2.75) is 6.92 Å². The van der Waals surface area contributed by atoms with Crippen molar-refractivity contribution in [3.63, 3.8) is 0 Å². The summed E-state index contributed by atoms with van der Waals surface area (Å²) in [5.74, 6) is -1.03. The summed E-state index contributed by atoms with van der Waals surface area (Å²) in [6.45, 7) is 1.66. The van der Waals surface area contributed by atoms with E-state index < -0.39 is 5.97 Å². The first-order valence-electron chi connectivity index (χ1n) is 3.28. The second kappa shape index (κ2) is 2.69. The maximum Gasteiger partial charge on any atom is 0.338 e. The van der Waals surface area contributed by atoms with Gasteiger partial charge in [0.2, 0.25) is 0 Å². The number of anilines is 2. The molecule has 0 saturated carbocycles. The Morgan fingerprint density at radius 2 is 2.17 bits per heavy atom. The first kappa shape index (κ1) is 8.32. The maximum absolute atomic E-state index is 10.6. The molecule has 5 heteroatoms. The number of aromatic carboxylic acids is 1. The molecule has 0 aromatic carbocycles. The highest BCUT2D eigenvalue weighted by atomic mass is 16.4. The Balaban J connectivity index is 3.37. The molecule has 0 fully saturated rings. The zero-order valence-corrected chi connectivity index (χ0v) is 6.53. The van der Waals surface area contributed by atoms with Crippen LogP contribution in [-0.2, 0) is 0 Å². The summed E-state index contributed by atoms with van der Waals surface area (Å²) in [7, 11) is 0. The molecule has 0 saturated heterocycles. The molecule has 0 amide bonds. The Hall–Kier alpha value is -1.78. The van der Waals surface area contributed by atoms with E-state index in [4.69, 9.17) is 16.6 Å².